The molecule has 1 aromatic rings. The summed E-state index contributed by atoms with van der Waals surface area (Å²) in [7, 11) is 0. The Bertz CT molecular complexity index is 314. The van der Waals surface area contributed by atoms with E-state index in [9.17, 15) is 0 Å². The Morgan fingerprint density at radius 2 is 1.81 bits per heavy atom. The van der Waals surface area contributed by atoms with E-state index < -0.39 is 0 Å². The molecule has 0 spiro atoms. The van der Waals surface area contributed by atoms with Crippen molar-refractivity contribution >= 4 is 0 Å². The zero-order valence-electron chi connectivity index (χ0n) is 9.56. The number of hydrogen-bond donors (Lipinski definition) is 1. The van der Waals surface area contributed by atoms with Crippen LogP contribution in [0.3, 0.4) is 0 Å². The molecule has 0 saturated heterocycles. The van der Waals surface area contributed by atoms with Crippen LogP contribution in [-0.2, 0) is 0 Å². The fraction of sp³-hybridized carbons (Fsp3) is 0.538. The normalized spacial score (nSPS) is 23.6. The molecule has 1 N–H and O–H groups in total. The molecular formula is C13H18O3. The highest BCUT2D eigenvalue weighted by molar-refractivity contribution is 5.31. The van der Waals surface area contributed by atoms with E-state index >= 15 is 0 Å². The Balaban J connectivity index is 1.82. The number of aliphatic hydroxyl groups is 1. The van der Waals surface area contributed by atoms with Crippen molar-refractivity contribution < 1.29 is 14.6 Å². The van der Waals surface area contributed by atoms with E-state index in [0.29, 0.717) is 0 Å². The van der Waals surface area contributed by atoms with Crippen LogP contribution in [0.1, 0.15) is 26.2 Å². The summed E-state index contributed by atoms with van der Waals surface area (Å²) < 4.78 is 11.1. The molecule has 1 aliphatic carbocycles. The van der Waals surface area contributed by atoms with Gasteiger partial charge < -0.3 is 14.6 Å². The smallest absolute Gasteiger partial charge is 0.119 e. The second-order valence-corrected chi connectivity index (χ2v) is 4.18. The zero-order valence-corrected chi connectivity index (χ0v) is 9.56. The largest absolute Gasteiger partial charge is 0.494 e. The lowest BCUT2D eigenvalue weighted by atomic mass is 9.92. The van der Waals surface area contributed by atoms with E-state index in [1.165, 1.54) is 0 Å². The molecule has 0 radical (unpaired) electrons. The van der Waals surface area contributed by atoms with Gasteiger partial charge in [-0.05, 0) is 30.7 Å². The number of aliphatic hydroxyl groups excluding tert-OH is 1. The fourth-order valence-corrected chi connectivity index (χ4v) is 1.66. The lowest BCUT2D eigenvalue weighted by molar-refractivity contribution is -0.0108. The minimum atomic E-state index is -0.169. The van der Waals surface area contributed by atoms with Crippen LogP contribution in [0.4, 0.5) is 0 Å². The van der Waals surface area contributed by atoms with Gasteiger partial charge in [0.2, 0.25) is 0 Å². The molecule has 0 amide bonds. The van der Waals surface area contributed by atoms with Crippen LogP contribution in [0.5, 0.6) is 11.5 Å². The predicted octanol–water partition coefficient (Wildman–Crippen LogP) is 2.38. The van der Waals surface area contributed by atoms with Crippen LogP contribution in [0.2, 0.25) is 0 Å². The standard InChI is InChI=1S/C13H18O3/c1-2-7-15-11-3-5-12(6-4-11)16-13-8-10(14)9-13/h3-6,10,13-14H,2,7-9H2,1H3. The molecule has 0 heterocycles. The molecule has 1 aromatic carbocycles. The minimum absolute atomic E-state index is 0.169. The summed E-state index contributed by atoms with van der Waals surface area (Å²) in [6, 6.07) is 7.66. The molecule has 0 unspecified atom stereocenters. The average molecular weight is 222 g/mol. The van der Waals surface area contributed by atoms with Crippen LogP contribution in [0.15, 0.2) is 24.3 Å². The highest BCUT2D eigenvalue weighted by atomic mass is 16.5. The van der Waals surface area contributed by atoms with Crippen LogP contribution in [0.25, 0.3) is 0 Å². The lowest BCUT2D eigenvalue weighted by Crippen LogP contribution is -2.37. The Kier molecular flexibility index (Phi) is 3.67. The third-order valence-corrected chi connectivity index (χ3v) is 2.67. The maximum atomic E-state index is 9.14. The number of rotatable bonds is 5. The Labute approximate surface area is 96.0 Å². The molecule has 0 aromatic heterocycles. The van der Waals surface area contributed by atoms with Crippen LogP contribution in [0, 0.1) is 0 Å². The van der Waals surface area contributed by atoms with Gasteiger partial charge in [0.15, 0.2) is 0 Å². The third kappa shape index (κ3) is 2.89. The summed E-state index contributed by atoms with van der Waals surface area (Å²) >= 11 is 0. The van der Waals surface area contributed by atoms with E-state index in [-0.39, 0.29) is 12.2 Å². The van der Waals surface area contributed by atoms with Crippen LogP contribution >= 0.6 is 0 Å². The molecule has 0 aliphatic heterocycles. The first-order valence-corrected chi connectivity index (χ1v) is 5.85. The van der Waals surface area contributed by atoms with Crippen LogP contribution in [-0.4, -0.2) is 23.9 Å². The van der Waals surface area contributed by atoms with Crippen molar-refractivity contribution in [1.29, 1.82) is 0 Å². The van der Waals surface area contributed by atoms with Crippen molar-refractivity contribution in [3.63, 3.8) is 0 Å². The maximum Gasteiger partial charge on any atom is 0.119 e. The Hall–Kier alpha value is -1.22. The van der Waals surface area contributed by atoms with Gasteiger partial charge in [-0.1, -0.05) is 6.92 Å². The molecule has 16 heavy (non-hydrogen) atoms. The average Bonchev–Trinajstić information content (AvgIpc) is 2.26. The van der Waals surface area contributed by atoms with Crippen LogP contribution < -0.4 is 9.47 Å². The molecular weight excluding hydrogens is 204 g/mol. The molecule has 3 nitrogen and oxygen atoms in total. The summed E-state index contributed by atoms with van der Waals surface area (Å²) in [5, 5.41) is 9.14. The van der Waals surface area contributed by atoms with Gasteiger partial charge in [-0.3, -0.25) is 0 Å². The van der Waals surface area contributed by atoms with Gasteiger partial charge in [0.1, 0.15) is 17.6 Å². The number of hydrogen-bond acceptors (Lipinski definition) is 3. The third-order valence-electron chi connectivity index (χ3n) is 2.67. The van der Waals surface area contributed by atoms with Gasteiger partial charge in [0, 0.05) is 12.8 Å². The van der Waals surface area contributed by atoms with Crippen molar-refractivity contribution in [3.05, 3.63) is 24.3 Å². The molecule has 3 heteroatoms. The summed E-state index contributed by atoms with van der Waals surface area (Å²) in [5.41, 5.74) is 0. The van der Waals surface area contributed by atoms with E-state index in [1.54, 1.807) is 0 Å². The van der Waals surface area contributed by atoms with Gasteiger partial charge in [0.25, 0.3) is 0 Å². The second kappa shape index (κ2) is 5.21. The highest BCUT2D eigenvalue weighted by Crippen LogP contribution is 2.26. The topological polar surface area (TPSA) is 38.7 Å². The van der Waals surface area contributed by atoms with E-state index in [0.717, 1.165) is 37.4 Å². The van der Waals surface area contributed by atoms with Gasteiger partial charge in [-0.2, -0.15) is 0 Å². The second-order valence-electron chi connectivity index (χ2n) is 4.18. The maximum absolute atomic E-state index is 9.14. The van der Waals surface area contributed by atoms with E-state index in [2.05, 4.69) is 6.92 Å². The van der Waals surface area contributed by atoms with Gasteiger partial charge >= 0.3 is 0 Å². The highest BCUT2D eigenvalue weighted by Gasteiger charge is 2.28. The molecule has 1 saturated carbocycles. The minimum Gasteiger partial charge on any atom is -0.494 e. The van der Waals surface area contributed by atoms with Crippen molar-refractivity contribution in [2.75, 3.05) is 6.61 Å². The van der Waals surface area contributed by atoms with Gasteiger partial charge in [-0.15, -0.1) is 0 Å². The molecule has 88 valence electrons. The Morgan fingerprint density at radius 3 is 2.38 bits per heavy atom. The predicted molar refractivity (Wildman–Crippen MR) is 61.9 cm³/mol. The van der Waals surface area contributed by atoms with Crippen molar-refractivity contribution in [3.8, 4) is 11.5 Å². The summed E-state index contributed by atoms with van der Waals surface area (Å²) in [6.45, 7) is 2.83. The summed E-state index contributed by atoms with van der Waals surface area (Å²) in [4.78, 5) is 0. The monoisotopic (exact) mass is 222 g/mol. The first kappa shape index (κ1) is 11.3. The van der Waals surface area contributed by atoms with Crippen molar-refractivity contribution in [2.45, 2.75) is 38.4 Å². The quantitative estimate of drug-likeness (QED) is 0.831. The molecule has 1 aliphatic rings. The van der Waals surface area contributed by atoms with Gasteiger partial charge in [0.05, 0.1) is 12.7 Å². The molecule has 0 atom stereocenters. The molecule has 1 fully saturated rings. The molecule has 0 bridgehead atoms. The first-order chi connectivity index (χ1) is 7.78. The van der Waals surface area contributed by atoms with Crippen molar-refractivity contribution in [1.82, 2.24) is 0 Å². The Morgan fingerprint density at radius 1 is 1.19 bits per heavy atom. The summed E-state index contributed by atoms with van der Waals surface area (Å²) in [6.07, 6.45) is 2.51. The van der Waals surface area contributed by atoms with E-state index in [4.69, 9.17) is 14.6 Å². The number of benzene rings is 1. The number of ether oxygens (including phenoxy) is 2. The van der Waals surface area contributed by atoms with E-state index in [1.807, 2.05) is 24.3 Å². The summed E-state index contributed by atoms with van der Waals surface area (Å²) in [5.74, 6) is 1.73. The molecule has 2 rings (SSSR count). The fourth-order valence-electron chi connectivity index (χ4n) is 1.66. The van der Waals surface area contributed by atoms with Gasteiger partial charge in [-0.25, -0.2) is 0 Å². The SMILES string of the molecule is CCCOc1ccc(OC2CC(O)C2)cc1. The lowest BCUT2D eigenvalue weighted by Gasteiger charge is -2.31. The zero-order chi connectivity index (χ0) is 11.4. The van der Waals surface area contributed by atoms with Crippen molar-refractivity contribution in [2.24, 2.45) is 0 Å². The first-order valence-electron chi connectivity index (χ1n) is 5.85.